The van der Waals surface area contributed by atoms with Gasteiger partial charge in [0.15, 0.2) is 0 Å². The lowest BCUT2D eigenvalue weighted by Crippen LogP contribution is -2.37. The van der Waals surface area contributed by atoms with Crippen LogP contribution in [0.3, 0.4) is 0 Å². The number of hydrogen-bond acceptors (Lipinski definition) is 1. The Labute approximate surface area is 97.1 Å². The van der Waals surface area contributed by atoms with Gasteiger partial charge in [0.25, 0.3) is 0 Å². The Morgan fingerprint density at radius 1 is 1.20 bits per heavy atom. The predicted molar refractivity (Wildman–Crippen MR) is 65.3 cm³/mol. The normalized spacial score (nSPS) is 14.3. The topological polar surface area (TPSA) is 20.2 Å². The molecule has 1 nitrogen and oxygen atoms in total. The SMILES string of the molecule is CC(C)[13CH](O)C(C)(C)c1ccccc1Cl. The van der Waals surface area contributed by atoms with E-state index in [9.17, 15) is 5.11 Å². The second kappa shape index (κ2) is 4.54. The molecule has 0 saturated heterocycles. The number of aliphatic hydroxyl groups excluding tert-OH is 1. The molecule has 0 saturated carbocycles. The van der Waals surface area contributed by atoms with Crippen molar-refractivity contribution in [3.63, 3.8) is 0 Å². The van der Waals surface area contributed by atoms with Crippen molar-refractivity contribution in [3.8, 4) is 0 Å². The number of halogens is 1. The lowest BCUT2D eigenvalue weighted by molar-refractivity contribution is 0.0574. The van der Waals surface area contributed by atoms with Gasteiger partial charge in [0.05, 0.1) is 6.10 Å². The minimum atomic E-state index is -0.391. The van der Waals surface area contributed by atoms with Gasteiger partial charge < -0.3 is 5.11 Å². The molecular weight excluding hydrogens is 209 g/mol. The van der Waals surface area contributed by atoms with Gasteiger partial charge >= 0.3 is 0 Å². The van der Waals surface area contributed by atoms with Crippen LogP contribution in [-0.4, -0.2) is 11.2 Å². The smallest absolute Gasteiger partial charge is 0.0654 e. The second-order valence-electron chi connectivity index (χ2n) is 4.89. The Morgan fingerprint density at radius 2 is 1.73 bits per heavy atom. The highest BCUT2D eigenvalue weighted by atomic mass is 35.5. The first-order chi connectivity index (χ1) is 6.87. The summed E-state index contributed by atoms with van der Waals surface area (Å²) in [5, 5.41) is 10.9. The van der Waals surface area contributed by atoms with Crippen LogP contribution in [0.1, 0.15) is 33.3 Å². The Bertz CT molecular complexity index is 331. The fourth-order valence-electron chi connectivity index (χ4n) is 1.98. The van der Waals surface area contributed by atoms with Crippen LogP contribution in [0.2, 0.25) is 5.02 Å². The minimum absolute atomic E-state index is 0.219. The van der Waals surface area contributed by atoms with E-state index in [4.69, 9.17) is 11.6 Å². The first-order valence-corrected chi connectivity index (χ1v) is 5.68. The highest BCUT2D eigenvalue weighted by molar-refractivity contribution is 6.31. The van der Waals surface area contributed by atoms with Gasteiger partial charge in [-0.15, -0.1) is 0 Å². The third-order valence-electron chi connectivity index (χ3n) is 2.94. The minimum Gasteiger partial charge on any atom is -0.392 e. The Kier molecular flexibility index (Phi) is 3.80. The van der Waals surface area contributed by atoms with Crippen LogP contribution in [-0.2, 0) is 5.41 Å². The summed E-state index contributed by atoms with van der Waals surface area (Å²) in [7, 11) is 0. The van der Waals surface area contributed by atoms with E-state index in [1.807, 2.05) is 52.0 Å². The highest BCUT2D eigenvalue weighted by Gasteiger charge is 2.33. The molecule has 0 amide bonds. The second-order valence-corrected chi connectivity index (χ2v) is 5.30. The number of hydrogen-bond donors (Lipinski definition) is 1. The first kappa shape index (κ1) is 12.5. The Morgan fingerprint density at radius 3 is 2.20 bits per heavy atom. The molecule has 0 aliphatic rings. The summed E-state index contributed by atoms with van der Waals surface area (Å²) in [4.78, 5) is 0. The highest BCUT2D eigenvalue weighted by Crippen LogP contribution is 2.35. The van der Waals surface area contributed by atoms with Crippen LogP contribution >= 0.6 is 11.6 Å². The number of aliphatic hydroxyl groups is 1. The summed E-state index contributed by atoms with van der Waals surface area (Å²) < 4.78 is 0. The fraction of sp³-hybridized carbons (Fsp3) is 0.538. The Hall–Kier alpha value is -0.530. The van der Waals surface area contributed by atoms with E-state index in [0.717, 1.165) is 10.6 Å². The number of benzene rings is 1. The van der Waals surface area contributed by atoms with Crippen molar-refractivity contribution < 1.29 is 5.11 Å². The van der Waals surface area contributed by atoms with E-state index in [0.29, 0.717) is 0 Å². The monoisotopic (exact) mass is 227 g/mol. The molecule has 2 heteroatoms. The van der Waals surface area contributed by atoms with Gasteiger partial charge in [-0.1, -0.05) is 57.5 Å². The van der Waals surface area contributed by atoms with Gasteiger partial charge in [0, 0.05) is 10.4 Å². The summed E-state index contributed by atoms with van der Waals surface area (Å²) in [6.07, 6.45) is -0.391. The summed E-state index contributed by atoms with van der Waals surface area (Å²) in [5.41, 5.74) is 0.694. The standard InChI is InChI=1S/C13H19ClO/c1-9(2)12(15)13(3,4)10-7-5-6-8-11(10)14/h5-9,12,15H,1-4H3/i12+1. The maximum absolute atomic E-state index is 10.2. The van der Waals surface area contributed by atoms with Crippen LogP contribution < -0.4 is 0 Å². The van der Waals surface area contributed by atoms with E-state index in [-0.39, 0.29) is 11.3 Å². The van der Waals surface area contributed by atoms with E-state index in [1.54, 1.807) is 0 Å². The van der Waals surface area contributed by atoms with Crippen LogP contribution in [0.25, 0.3) is 0 Å². The number of rotatable bonds is 3. The molecule has 15 heavy (non-hydrogen) atoms. The average Bonchev–Trinajstić information content (AvgIpc) is 2.16. The van der Waals surface area contributed by atoms with Crippen molar-refractivity contribution in [1.82, 2.24) is 0 Å². The Balaban J connectivity index is 3.11. The molecule has 0 bridgehead atoms. The van der Waals surface area contributed by atoms with Gasteiger partial charge in [-0.3, -0.25) is 0 Å². The van der Waals surface area contributed by atoms with Crippen LogP contribution in [0, 0.1) is 5.92 Å². The molecule has 1 atom stereocenters. The van der Waals surface area contributed by atoms with Gasteiger partial charge in [-0.25, -0.2) is 0 Å². The zero-order valence-electron chi connectivity index (χ0n) is 9.79. The molecule has 0 fully saturated rings. The first-order valence-electron chi connectivity index (χ1n) is 5.30. The van der Waals surface area contributed by atoms with Crippen molar-refractivity contribution in [3.05, 3.63) is 34.9 Å². The van der Waals surface area contributed by atoms with Crippen molar-refractivity contribution in [2.75, 3.05) is 0 Å². The maximum atomic E-state index is 10.2. The summed E-state index contributed by atoms with van der Waals surface area (Å²) >= 11 is 6.15. The molecule has 0 aliphatic carbocycles. The zero-order chi connectivity index (χ0) is 11.6. The van der Waals surface area contributed by atoms with Crippen molar-refractivity contribution >= 4 is 11.6 Å². The van der Waals surface area contributed by atoms with Crippen LogP contribution in [0.5, 0.6) is 0 Å². The van der Waals surface area contributed by atoms with E-state index in [2.05, 4.69) is 0 Å². The largest absolute Gasteiger partial charge is 0.392 e. The molecule has 0 heterocycles. The molecular formula is C13H19ClO. The fourth-order valence-corrected chi connectivity index (χ4v) is 2.36. The molecule has 84 valence electrons. The van der Waals surface area contributed by atoms with E-state index < -0.39 is 6.10 Å². The van der Waals surface area contributed by atoms with Crippen molar-refractivity contribution in [2.45, 2.75) is 39.2 Å². The van der Waals surface area contributed by atoms with Crippen LogP contribution in [0.15, 0.2) is 24.3 Å². The molecule has 1 aromatic rings. The molecule has 1 unspecified atom stereocenters. The van der Waals surface area contributed by atoms with Crippen molar-refractivity contribution in [2.24, 2.45) is 5.92 Å². The average molecular weight is 228 g/mol. The third kappa shape index (κ3) is 2.53. The molecule has 0 aliphatic heterocycles. The lowest BCUT2D eigenvalue weighted by atomic mass is 9.87. The molecule has 1 rings (SSSR count). The van der Waals surface area contributed by atoms with Gasteiger partial charge in [0.1, 0.15) is 0 Å². The summed E-state index contributed by atoms with van der Waals surface area (Å²) in [6.45, 7) is 8.09. The predicted octanol–water partition coefficient (Wildman–Crippen LogP) is 3.63. The summed E-state index contributed by atoms with van der Waals surface area (Å²) in [6, 6.07) is 7.71. The van der Waals surface area contributed by atoms with Gasteiger partial charge in [0.2, 0.25) is 0 Å². The molecule has 1 aromatic carbocycles. The quantitative estimate of drug-likeness (QED) is 0.782. The van der Waals surface area contributed by atoms with Gasteiger partial charge in [-0.2, -0.15) is 0 Å². The molecule has 0 aromatic heterocycles. The zero-order valence-corrected chi connectivity index (χ0v) is 10.5. The van der Waals surface area contributed by atoms with Crippen LogP contribution in [0.4, 0.5) is 0 Å². The molecule has 0 radical (unpaired) electrons. The van der Waals surface area contributed by atoms with Crippen molar-refractivity contribution in [1.29, 1.82) is 0 Å². The summed E-state index contributed by atoms with van der Waals surface area (Å²) in [5.74, 6) is 0.219. The van der Waals surface area contributed by atoms with E-state index >= 15 is 0 Å². The van der Waals surface area contributed by atoms with E-state index in [1.165, 1.54) is 0 Å². The molecule has 1 N–H and O–H groups in total. The lowest BCUT2D eigenvalue weighted by Gasteiger charge is -2.34. The maximum Gasteiger partial charge on any atom is 0.0654 e. The third-order valence-corrected chi connectivity index (χ3v) is 3.27. The molecule has 0 spiro atoms. The van der Waals surface area contributed by atoms with Gasteiger partial charge in [-0.05, 0) is 17.5 Å².